The van der Waals surface area contributed by atoms with Crippen LogP contribution in [-0.2, 0) is 14.3 Å². The first-order valence-electron chi connectivity index (χ1n) is 10.9. The molecule has 1 fully saturated rings. The first-order valence-corrected chi connectivity index (χ1v) is 10.9. The number of fused-ring (bicyclic) bond motifs is 3. The molecule has 7 heteroatoms. The zero-order valence-corrected chi connectivity index (χ0v) is 17.7. The number of carbonyl (C=O) groups excluding carboxylic acids is 3. The smallest absolute Gasteiger partial charge is 0.407 e. The Morgan fingerprint density at radius 1 is 1.16 bits per heavy atom. The van der Waals surface area contributed by atoms with E-state index in [1.807, 2.05) is 36.4 Å². The molecule has 0 aromatic heterocycles. The second-order valence-corrected chi connectivity index (χ2v) is 8.09. The molecule has 32 heavy (non-hydrogen) atoms. The fourth-order valence-electron chi connectivity index (χ4n) is 4.64. The van der Waals surface area contributed by atoms with E-state index in [-0.39, 0.29) is 31.3 Å². The Kier molecular flexibility index (Phi) is 6.50. The highest BCUT2D eigenvalue weighted by Gasteiger charge is 2.34. The minimum Gasteiger partial charge on any atom is -0.449 e. The number of benzene rings is 2. The molecule has 0 saturated carbocycles. The molecule has 2 atom stereocenters. The van der Waals surface area contributed by atoms with Crippen LogP contribution in [0, 0.1) is 11.3 Å². The van der Waals surface area contributed by atoms with E-state index in [1.54, 1.807) is 0 Å². The largest absolute Gasteiger partial charge is 0.449 e. The Balaban J connectivity index is 1.43. The van der Waals surface area contributed by atoms with Crippen LogP contribution in [0.2, 0.25) is 0 Å². The molecule has 4 rings (SSSR count). The van der Waals surface area contributed by atoms with Gasteiger partial charge >= 0.3 is 6.09 Å². The van der Waals surface area contributed by atoms with Crippen molar-refractivity contribution in [2.45, 2.75) is 43.7 Å². The van der Waals surface area contributed by atoms with E-state index in [4.69, 9.17) is 4.74 Å². The number of ether oxygens (including phenoxy) is 1. The van der Waals surface area contributed by atoms with Gasteiger partial charge in [-0.1, -0.05) is 48.5 Å². The van der Waals surface area contributed by atoms with Crippen molar-refractivity contribution in [2.75, 3.05) is 13.2 Å². The van der Waals surface area contributed by atoms with Crippen LogP contribution in [0.25, 0.3) is 11.1 Å². The lowest BCUT2D eigenvalue weighted by Gasteiger charge is -2.26. The lowest BCUT2D eigenvalue weighted by molar-refractivity contribution is -0.133. The Labute approximate surface area is 187 Å². The molecule has 1 N–H and O–H groups in total. The summed E-state index contributed by atoms with van der Waals surface area (Å²) in [5.74, 6) is -0.428. The number of amides is 2. The summed E-state index contributed by atoms with van der Waals surface area (Å²) in [7, 11) is 0. The van der Waals surface area contributed by atoms with Crippen LogP contribution >= 0.6 is 0 Å². The van der Waals surface area contributed by atoms with E-state index >= 15 is 0 Å². The highest BCUT2D eigenvalue weighted by molar-refractivity contribution is 5.86. The first kappa shape index (κ1) is 21.6. The monoisotopic (exact) mass is 431 g/mol. The van der Waals surface area contributed by atoms with Crippen molar-refractivity contribution in [2.24, 2.45) is 0 Å². The Morgan fingerprint density at radius 3 is 2.44 bits per heavy atom. The van der Waals surface area contributed by atoms with Crippen LogP contribution in [0.4, 0.5) is 4.79 Å². The van der Waals surface area contributed by atoms with Gasteiger partial charge in [0.25, 0.3) is 0 Å². The van der Waals surface area contributed by atoms with Crippen molar-refractivity contribution in [1.82, 2.24) is 10.2 Å². The molecular weight excluding hydrogens is 406 g/mol. The zero-order valence-electron chi connectivity index (χ0n) is 17.7. The van der Waals surface area contributed by atoms with E-state index in [9.17, 15) is 19.6 Å². The molecule has 2 amide bonds. The summed E-state index contributed by atoms with van der Waals surface area (Å²) in [5, 5.41) is 11.9. The molecule has 1 aliphatic carbocycles. The number of hydrogen-bond donors (Lipinski definition) is 1. The van der Waals surface area contributed by atoms with Gasteiger partial charge in [-0.15, -0.1) is 0 Å². The van der Waals surface area contributed by atoms with Gasteiger partial charge in [-0.2, -0.15) is 5.26 Å². The lowest BCUT2D eigenvalue weighted by atomic mass is 9.98. The fourth-order valence-corrected chi connectivity index (χ4v) is 4.64. The maximum Gasteiger partial charge on any atom is 0.407 e. The van der Waals surface area contributed by atoms with Gasteiger partial charge in [0, 0.05) is 18.9 Å². The van der Waals surface area contributed by atoms with Crippen LogP contribution in [0.1, 0.15) is 42.7 Å². The number of nitriles is 1. The van der Waals surface area contributed by atoms with Gasteiger partial charge in [0.05, 0.1) is 6.07 Å². The minimum absolute atomic E-state index is 0.0844. The summed E-state index contributed by atoms with van der Waals surface area (Å²) < 4.78 is 5.54. The van der Waals surface area contributed by atoms with E-state index in [2.05, 4.69) is 23.5 Å². The number of aldehydes is 1. The minimum atomic E-state index is -0.898. The highest BCUT2D eigenvalue weighted by atomic mass is 16.5. The van der Waals surface area contributed by atoms with Gasteiger partial charge in [-0.25, -0.2) is 4.79 Å². The molecular formula is C25H25N3O4. The molecule has 1 aliphatic heterocycles. The van der Waals surface area contributed by atoms with Crippen LogP contribution in [0.3, 0.4) is 0 Å². The summed E-state index contributed by atoms with van der Waals surface area (Å²) in [5.41, 5.74) is 4.47. The summed E-state index contributed by atoms with van der Waals surface area (Å²) >= 11 is 0. The van der Waals surface area contributed by atoms with Gasteiger partial charge in [0.2, 0.25) is 5.91 Å². The average Bonchev–Trinajstić information content (AvgIpc) is 3.42. The van der Waals surface area contributed by atoms with Gasteiger partial charge in [0.15, 0.2) is 0 Å². The van der Waals surface area contributed by atoms with Crippen molar-refractivity contribution in [3.8, 4) is 17.2 Å². The van der Waals surface area contributed by atoms with Crippen molar-refractivity contribution >= 4 is 18.3 Å². The van der Waals surface area contributed by atoms with E-state index in [0.29, 0.717) is 19.3 Å². The zero-order chi connectivity index (χ0) is 22.5. The lowest BCUT2D eigenvalue weighted by Crippen LogP contribution is -2.50. The summed E-state index contributed by atoms with van der Waals surface area (Å²) in [6.07, 6.45) is 1.67. The number of nitrogens with one attached hydrogen (secondary N) is 1. The molecule has 1 saturated heterocycles. The molecule has 2 aliphatic rings. The molecule has 2 aromatic rings. The molecule has 0 bridgehead atoms. The number of carbonyl (C=O) groups is 3. The Hall–Kier alpha value is -3.66. The van der Waals surface area contributed by atoms with Crippen LogP contribution in [0.15, 0.2) is 48.5 Å². The number of alkyl carbamates (subject to hydrolysis) is 1. The number of nitrogens with zero attached hydrogens (tertiary/aromatic N) is 2. The van der Waals surface area contributed by atoms with Crippen LogP contribution in [-0.4, -0.2) is 48.4 Å². The highest BCUT2D eigenvalue weighted by Crippen LogP contribution is 2.44. The summed E-state index contributed by atoms with van der Waals surface area (Å²) in [6.45, 7) is 0.611. The van der Waals surface area contributed by atoms with Gasteiger partial charge in [0.1, 0.15) is 25.0 Å². The fraction of sp³-hybridized carbons (Fsp3) is 0.360. The standard InChI is InChI=1S/C25H25N3O4/c26-15-17-7-5-13-28(17)24(30)23(12-6-14-29)27-25(31)32-16-22-20-10-3-1-8-18(20)19-9-2-4-11-21(19)22/h1-4,8-11,14,17,22-23H,5-7,12-13,16H2,(H,27,31)/t17-,23-/m0/s1. The van der Waals surface area contributed by atoms with Gasteiger partial charge in [-0.3, -0.25) is 4.79 Å². The van der Waals surface area contributed by atoms with Crippen molar-refractivity contribution in [3.05, 3.63) is 59.7 Å². The maximum atomic E-state index is 12.9. The van der Waals surface area contributed by atoms with Crippen molar-refractivity contribution in [3.63, 3.8) is 0 Å². The SMILES string of the molecule is N#C[C@@H]1CCCN1C(=O)[C@H](CCC=O)NC(=O)OCC1c2ccccc2-c2ccccc21. The van der Waals surface area contributed by atoms with E-state index < -0.39 is 18.2 Å². The third-order valence-electron chi connectivity index (χ3n) is 6.19. The maximum absolute atomic E-state index is 12.9. The molecule has 0 radical (unpaired) electrons. The summed E-state index contributed by atoms with van der Waals surface area (Å²) in [6, 6.07) is 16.8. The van der Waals surface area contributed by atoms with Crippen molar-refractivity contribution < 1.29 is 19.1 Å². The third-order valence-corrected chi connectivity index (χ3v) is 6.19. The van der Waals surface area contributed by atoms with E-state index in [1.165, 1.54) is 4.90 Å². The predicted octanol–water partition coefficient (Wildman–Crippen LogP) is 3.39. The normalized spacial score (nSPS) is 17.7. The Morgan fingerprint density at radius 2 is 1.81 bits per heavy atom. The molecule has 2 aromatic carbocycles. The second kappa shape index (κ2) is 9.65. The van der Waals surface area contributed by atoms with E-state index in [0.717, 1.165) is 28.7 Å². The number of hydrogen-bond acceptors (Lipinski definition) is 5. The van der Waals surface area contributed by atoms with Gasteiger partial charge < -0.3 is 19.7 Å². The Bertz CT molecular complexity index is 1020. The molecule has 164 valence electrons. The quantitative estimate of drug-likeness (QED) is 0.678. The number of rotatable bonds is 7. The van der Waals surface area contributed by atoms with Crippen LogP contribution < -0.4 is 5.32 Å². The second-order valence-electron chi connectivity index (χ2n) is 8.09. The third kappa shape index (κ3) is 4.22. The molecule has 0 unspecified atom stereocenters. The number of likely N-dealkylation sites (tertiary alicyclic amines) is 1. The average molecular weight is 431 g/mol. The summed E-state index contributed by atoms with van der Waals surface area (Å²) in [4.78, 5) is 37.9. The van der Waals surface area contributed by atoms with Gasteiger partial charge in [-0.05, 0) is 41.5 Å². The van der Waals surface area contributed by atoms with Crippen molar-refractivity contribution in [1.29, 1.82) is 5.26 Å². The molecule has 1 heterocycles. The van der Waals surface area contributed by atoms with Crippen LogP contribution in [0.5, 0.6) is 0 Å². The molecule has 7 nitrogen and oxygen atoms in total. The molecule has 0 spiro atoms. The predicted molar refractivity (Wildman–Crippen MR) is 118 cm³/mol. The topological polar surface area (TPSA) is 99.5 Å². The first-order chi connectivity index (χ1) is 15.6.